The number of aliphatic imine (C=N–C) groups is 1. The molecule has 0 amide bonds. The maximum atomic E-state index is 5.71. The van der Waals surface area contributed by atoms with Crippen LogP contribution in [-0.4, -0.2) is 22.8 Å². The highest BCUT2D eigenvalue weighted by atomic mass is 16.5. The van der Waals surface area contributed by atoms with Gasteiger partial charge in [-0.1, -0.05) is 12.1 Å². The number of nitrogens with zero attached hydrogens (tertiary/aromatic N) is 2. The van der Waals surface area contributed by atoms with Gasteiger partial charge in [0.1, 0.15) is 11.4 Å². The van der Waals surface area contributed by atoms with E-state index in [0.717, 1.165) is 41.4 Å². The molecule has 102 valence electrons. The molecule has 0 aliphatic carbocycles. The lowest BCUT2D eigenvalue weighted by Crippen LogP contribution is -1.92. The number of rotatable bonds is 4. The van der Waals surface area contributed by atoms with Crippen molar-refractivity contribution in [1.29, 1.82) is 0 Å². The van der Waals surface area contributed by atoms with Crippen molar-refractivity contribution in [3.8, 4) is 17.1 Å². The van der Waals surface area contributed by atoms with Crippen molar-refractivity contribution in [3.63, 3.8) is 0 Å². The molecule has 1 aliphatic rings. The zero-order valence-corrected chi connectivity index (χ0v) is 11.5. The lowest BCUT2D eigenvalue weighted by molar-refractivity contribution is 0.342. The van der Waals surface area contributed by atoms with Crippen molar-refractivity contribution in [2.24, 2.45) is 4.99 Å². The van der Waals surface area contributed by atoms with Gasteiger partial charge in [0.25, 0.3) is 0 Å². The van der Waals surface area contributed by atoms with E-state index in [2.05, 4.69) is 21.0 Å². The van der Waals surface area contributed by atoms with E-state index in [-0.39, 0.29) is 0 Å². The number of nitrogens with one attached hydrogen (secondary N) is 1. The Labute approximate surface area is 118 Å². The van der Waals surface area contributed by atoms with Gasteiger partial charge in [-0.3, -0.25) is 9.98 Å². The summed E-state index contributed by atoms with van der Waals surface area (Å²) in [6, 6.07) is 7.84. The Bertz CT molecular complexity index is 641. The van der Waals surface area contributed by atoms with E-state index in [0.29, 0.717) is 6.61 Å². The number of aromatic nitrogens is 2. The summed E-state index contributed by atoms with van der Waals surface area (Å²) in [5, 5.41) is 0. The van der Waals surface area contributed by atoms with Crippen LogP contribution < -0.4 is 4.74 Å². The van der Waals surface area contributed by atoms with Gasteiger partial charge in [0.2, 0.25) is 0 Å². The zero-order valence-electron chi connectivity index (χ0n) is 11.5. The standard InChI is InChI=1S/C16H17N3O/c1-2-20-15-11-14(12-7-3-5-9-17-12)19-16(15)13-8-4-6-10-18-13/h4,6-11,19H,2-3,5H2,1H3. The van der Waals surface area contributed by atoms with Gasteiger partial charge in [-0.25, -0.2) is 0 Å². The average Bonchev–Trinajstić information content (AvgIpc) is 2.94. The maximum absolute atomic E-state index is 5.71. The van der Waals surface area contributed by atoms with Crippen LogP contribution in [0.3, 0.4) is 0 Å². The van der Waals surface area contributed by atoms with Gasteiger partial charge in [0.15, 0.2) is 0 Å². The van der Waals surface area contributed by atoms with Gasteiger partial charge in [-0.2, -0.15) is 0 Å². The first kappa shape index (κ1) is 12.7. The molecule has 0 fully saturated rings. The number of aromatic amines is 1. The lowest BCUT2D eigenvalue weighted by atomic mass is 10.2. The van der Waals surface area contributed by atoms with Gasteiger partial charge in [-0.05, 0) is 31.9 Å². The van der Waals surface area contributed by atoms with Crippen LogP contribution in [0.1, 0.15) is 25.5 Å². The number of allylic oxidation sites excluding steroid dienone is 1. The van der Waals surface area contributed by atoms with Crippen molar-refractivity contribution >= 4 is 11.9 Å². The minimum Gasteiger partial charge on any atom is -0.492 e. The molecular weight excluding hydrogens is 250 g/mol. The average molecular weight is 267 g/mol. The first-order valence-corrected chi connectivity index (χ1v) is 6.88. The molecule has 0 atom stereocenters. The number of H-pyrrole nitrogens is 1. The van der Waals surface area contributed by atoms with Crippen LogP contribution in [0, 0.1) is 0 Å². The molecule has 0 aromatic carbocycles. The predicted octanol–water partition coefficient (Wildman–Crippen LogP) is 3.68. The fraction of sp³-hybridized carbons (Fsp3) is 0.250. The highest BCUT2D eigenvalue weighted by molar-refractivity contribution is 5.78. The van der Waals surface area contributed by atoms with Crippen molar-refractivity contribution in [2.45, 2.75) is 19.8 Å². The summed E-state index contributed by atoms with van der Waals surface area (Å²) in [5.74, 6) is 0.822. The van der Waals surface area contributed by atoms with Gasteiger partial charge < -0.3 is 9.72 Å². The molecule has 1 aliphatic heterocycles. The Morgan fingerprint density at radius 3 is 2.95 bits per heavy atom. The molecule has 0 bridgehead atoms. The normalized spacial score (nSPS) is 14.2. The smallest absolute Gasteiger partial charge is 0.147 e. The topological polar surface area (TPSA) is 50.3 Å². The van der Waals surface area contributed by atoms with Crippen molar-refractivity contribution < 1.29 is 4.74 Å². The second-order valence-electron chi connectivity index (χ2n) is 4.55. The fourth-order valence-electron chi connectivity index (χ4n) is 2.23. The Morgan fingerprint density at radius 1 is 1.30 bits per heavy atom. The second-order valence-corrected chi connectivity index (χ2v) is 4.55. The Hall–Kier alpha value is -2.36. The molecule has 4 heteroatoms. The van der Waals surface area contributed by atoms with Crippen LogP contribution in [0.15, 0.2) is 41.5 Å². The van der Waals surface area contributed by atoms with Crippen LogP contribution in [0.2, 0.25) is 0 Å². The van der Waals surface area contributed by atoms with Crippen molar-refractivity contribution in [3.05, 3.63) is 42.2 Å². The van der Waals surface area contributed by atoms with Crippen LogP contribution in [-0.2, 0) is 0 Å². The molecule has 3 heterocycles. The SMILES string of the molecule is CCOc1cc(C2=CCCC=N2)[nH]c1-c1ccccn1. The van der Waals surface area contributed by atoms with E-state index in [9.17, 15) is 0 Å². The second kappa shape index (κ2) is 5.74. The Morgan fingerprint density at radius 2 is 2.25 bits per heavy atom. The molecule has 0 radical (unpaired) electrons. The molecule has 1 N–H and O–H groups in total. The molecule has 0 unspecified atom stereocenters. The highest BCUT2D eigenvalue weighted by Crippen LogP contribution is 2.32. The number of ether oxygens (including phenoxy) is 1. The summed E-state index contributed by atoms with van der Waals surface area (Å²) >= 11 is 0. The van der Waals surface area contributed by atoms with Crippen LogP contribution in [0.5, 0.6) is 5.75 Å². The maximum Gasteiger partial charge on any atom is 0.147 e. The van der Waals surface area contributed by atoms with E-state index >= 15 is 0 Å². The summed E-state index contributed by atoms with van der Waals surface area (Å²) in [5.41, 5.74) is 3.73. The highest BCUT2D eigenvalue weighted by Gasteiger charge is 2.14. The minimum absolute atomic E-state index is 0.624. The molecule has 3 rings (SSSR count). The lowest BCUT2D eigenvalue weighted by Gasteiger charge is -2.03. The number of hydrogen-bond acceptors (Lipinski definition) is 3. The van der Waals surface area contributed by atoms with Crippen LogP contribution in [0.25, 0.3) is 17.1 Å². The summed E-state index contributed by atoms with van der Waals surface area (Å²) < 4.78 is 5.71. The monoisotopic (exact) mass is 267 g/mol. The molecule has 0 saturated heterocycles. The van der Waals surface area contributed by atoms with Crippen LogP contribution >= 0.6 is 0 Å². The van der Waals surface area contributed by atoms with Crippen LogP contribution in [0.4, 0.5) is 0 Å². The van der Waals surface area contributed by atoms with E-state index in [1.54, 1.807) is 6.20 Å². The molecule has 2 aromatic rings. The summed E-state index contributed by atoms with van der Waals surface area (Å²) in [4.78, 5) is 12.2. The van der Waals surface area contributed by atoms with E-state index < -0.39 is 0 Å². The number of pyridine rings is 1. The van der Waals surface area contributed by atoms with E-state index in [1.165, 1.54) is 0 Å². The third-order valence-electron chi connectivity index (χ3n) is 3.14. The molecular formula is C16H17N3O. The first-order chi connectivity index (χ1) is 9.88. The van der Waals surface area contributed by atoms with Gasteiger partial charge >= 0.3 is 0 Å². The summed E-state index contributed by atoms with van der Waals surface area (Å²) in [6.45, 7) is 2.60. The quantitative estimate of drug-likeness (QED) is 0.918. The molecule has 0 spiro atoms. The Kier molecular flexibility index (Phi) is 3.63. The van der Waals surface area contributed by atoms with Gasteiger partial charge in [0.05, 0.1) is 23.7 Å². The van der Waals surface area contributed by atoms with E-state index in [1.807, 2.05) is 37.4 Å². The third kappa shape index (κ3) is 2.50. The zero-order chi connectivity index (χ0) is 13.8. The summed E-state index contributed by atoms with van der Waals surface area (Å²) in [6.07, 6.45) is 7.92. The predicted molar refractivity (Wildman–Crippen MR) is 80.9 cm³/mol. The molecule has 0 saturated carbocycles. The molecule has 4 nitrogen and oxygen atoms in total. The third-order valence-corrected chi connectivity index (χ3v) is 3.14. The van der Waals surface area contributed by atoms with Crippen molar-refractivity contribution in [1.82, 2.24) is 9.97 Å². The van der Waals surface area contributed by atoms with Crippen molar-refractivity contribution in [2.75, 3.05) is 6.61 Å². The number of hydrogen-bond donors (Lipinski definition) is 1. The van der Waals surface area contributed by atoms with E-state index in [4.69, 9.17) is 4.74 Å². The van der Waals surface area contributed by atoms with Gasteiger partial charge in [-0.15, -0.1) is 0 Å². The summed E-state index contributed by atoms with van der Waals surface area (Å²) in [7, 11) is 0. The molecule has 2 aromatic heterocycles. The Balaban J connectivity index is 2.02. The van der Waals surface area contributed by atoms with Gasteiger partial charge in [0, 0.05) is 18.5 Å². The molecule has 20 heavy (non-hydrogen) atoms. The minimum atomic E-state index is 0.624. The first-order valence-electron chi connectivity index (χ1n) is 6.88. The fourth-order valence-corrected chi connectivity index (χ4v) is 2.23. The largest absolute Gasteiger partial charge is 0.492 e.